The Bertz CT molecular complexity index is 171. The first-order chi connectivity index (χ1) is 6.56. The summed E-state index contributed by atoms with van der Waals surface area (Å²) in [5.74, 6) is 0.802. The van der Waals surface area contributed by atoms with E-state index in [4.69, 9.17) is 5.73 Å². The van der Waals surface area contributed by atoms with E-state index < -0.39 is 0 Å². The van der Waals surface area contributed by atoms with Crippen LogP contribution in [0.25, 0.3) is 0 Å². The number of nitrogens with zero attached hydrogens (tertiary/aromatic N) is 1. The molecule has 1 aliphatic heterocycles. The molecule has 2 nitrogen and oxygen atoms in total. The molecule has 1 fully saturated rings. The van der Waals surface area contributed by atoms with Crippen molar-refractivity contribution in [2.75, 3.05) is 19.6 Å². The van der Waals surface area contributed by atoms with Gasteiger partial charge in [-0.3, -0.25) is 4.67 Å². The largest absolute Gasteiger partial charge is 0.330 e. The zero-order chi connectivity index (χ0) is 10.6. The molecule has 0 saturated carbocycles. The fourth-order valence-electron chi connectivity index (χ4n) is 2.23. The molecule has 2 unspecified atom stereocenters. The highest BCUT2D eigenvalue weighted by atomic mass is 31.0. The predicted molar refractivity (Wildman–Crippen MR) is 66.1 cm³/mol. The van der Waals surface area contributed by atoms with E-state index in [0.717, 1.165) is 12.5 Å². The van der Waals surface area contributed by atoms with Gasteiger partial charge in [-0.2, -0.15) is 0 Å². The molecule has 0 aliphatic carbocycles. The van der Waals surface area contributed by atoms with Gasteiger partial charge in [0.1, 0.15) is 0 Å². The van der Waals surface area contributed by atoms with Crippen molar-refractivity contribution in [3.63, 3.8) is 0 Å². The summed E-state index contributed by atoms with van der Waals surface area (Å²) in [6.45, 7) is 7.88. The molecule has 3 heteroatoms. The maximum absolute atomic E-state index is 5.84. The second-order valence-electron chi connectivity index (χ2n) is 5.21. The third-order valence-electron chi connectivity index (χ3n) is 3.64. The Balaban J connectivity index is 2.50. The molecule has 0 aromatic carbocycles. The Morgan fingerprint density at radius 1 is 1.29 bits per heavy atom. The number of hydrogen-bond donors (Lipinski definition) is 1. The first-order valence-electron chi connectivity index (χ1n) is 5.76. The van der Waals surface area contributed by atoms with E-state index in [0.29, 0.717) is 5.41 Å². The van der Waals surface area contributed by atoms with Gasteiger partial charge < -0.3 is 5.73 Å². The van der Waals surface area contributed by atoms with Gasteiger partial charge in [-0.05, 0) is 37.1 Å². The predicted octanol–water partition coefficient (Wildman–Crippen LogP) is 2.25. The molecule has 0 radical (unpaired) electrons. The minimum atomic E-state index is 0.322. The Kier molecular flexibility index (Phi) is 4.82. The van der Waals surface area contributed by atoms with Crippen molar-refractivity contribution in [3.05, 3.63) is 0 Å². The van der Waals surface area contributed by atoms with Crippen LogP contribution in [-0.2, 0) is 0 Å². The maximum atomic E-state index is 5.84. The Morgan fingerprint density at radius 2 is 2.00 bits per heavy atom. The van der Waals surface area contributed by atoms with Crippen LogP contribution in [0, 0.1) is 11.3 Å². The van der Waals surface area contributed by atoms with Gasteiger partial charge in [-0.1, -0.05) is 29.7 Å². The lowest BCUT2D eigenvalue weighted by Gasteiger charge is -2.36. The lowest BCUT2D eigenvalue weighted by Crippen LogP contribution is -2.35. The van der Waals surface area contributed by atoms with Crippen LogP contribution in [-0.4, -0.2) is 24.3 Å². The van der Waals surface area contributed by atoms with Crippen molar-refractivity contribution >= 4 is 9.39 Å². The van der Waals surface area contributed by atoms with Crippen molar-refractivity contribution in [2.45, 2.75) is 39.5 Å². The highest BCUT2D eigenvalue weighted by molar-refractivity contribution is 7.13. The fourth-order valence-corrected chi connectivity index (χ4v) is 2.56. The van der Waals surface area contributed by atoms with Crippen molar-refractivity contribution in [2.24, 2.45) is 17.1 Å². The van der Waals surface area contributed by atoms with Crippen molar-refractivity contribution < 1.29 is 0 Å². The second-order valence-corrected chi connectivity index (χ2v) is 5.94. The summed E-state index contributed by atoms with van der Waals surface area (Å²) >= 11 is 0. The molecule has 0 bridgehead atoms. The molecule has 0 amide bonds. The maximum Gasteiger partial charge on any atom is 0.00190 e. The smallest absolute Gasteiger partial charge is 0.00190 e. The summed E-state index contributed by atoms with van der Waals surface area (Å²) in [5.41, 5.74) is 6.17. The van der Waals surface area contributed by atoms with Crippen LogP contribution < -0.4 is 5.73 Å². The van der Waals surface area contributed by atoms with E-state index >= 15 is 0 Å². The highest BCUT2D eigenvalue weighted by Crippen LogP contribution is 2.34. The van der Waals surface area contributed by atoms with Gasteiger partial charge in [0.15, 0.2) is 0 Å². The molecular formula is C11H25N2P. The molecule has 2 N–H and O–H groups in total. The van der Waals surface area contributed by atoms with E-state index in [9.17, 15) is 0 Å². The summed E-state index contributed by atoms with van der Waals surface area (Å²) in [5, 5.41) is 0. The molecule has 14 heavy (non-hydrogen) atoms. The molecule has 84 valence electrons. The lowest BCUT2D eigenvalue weighted by atomic mass is 9.74. The fraction of sp³-hybridized carbons (Fsp3) is 1.00. The Labute approximate surface area is 90.9 Å². The lowest BCUT2D eigenvalue weighted by molar-refractivity contribution is 0.170. The average Bonchev–Trinajstić information content (AvgIpc) is 2.11. The quantitative estimate of drug-likeness (QED) is 0.717. The van der Waals surface area contributed by atoms with Gasteiger partial charge in [-0.15, -0.1) is 0 Å². The van der Waals surface area contributed by atoms with E-state index in [1.165, 1.54) is 38.8 Å². The van der Waals surface area contributed by atoms with Crippen LogP contribution in [0.2, 0.25) is 0 Å². The van der Waals surface area contributed by atoms with Crippen molar-refractivity contribution in [3.8, 4) is 0 Å². The molecular weight excluding hydrogens is 191 g/mol. The third-order valence-corrected chi connectivity index (χ3v) is 4.16. The molecule has 0 aromatic heterocycles. The summed E-state index contributed by atoms with van der Waals surface area (Å²) in [4.78, 5) is 0. The Hall–Kier alpha value is 0.350. The average molecular weight is 216 g/mol. The van der Waals surface area contributed by atoms with Crippen LogP contribution in [0.1, 0.15) is 39.5 Å². The van der Waals surface area contributed by atoms with Gasteiger partial charge >= 0.3 is 0 Å². The molecule has 0 spiro atoms. The van der Waals surface area contributed by atoms with Gasteiger partial charge in [-0.25, -0.2) is 0 Å². The zero-order valence-corrected chi connectivity index (χ0v) is 10.8. The van der Waals surface area contributed by atoms with Crippen LogP contribution in [0.5, 0.6) is 0 Å². The minimum absolute atomic E-state index is 0.322. The molecule has 1 aliphatic rings. The number of nitrogens with two attached hydrogens (primary N) is 1. The zero-order valence-electron chi connectivity index (χ0n) is 9.63. The highest BCUT2D eigenvalue weighted by Gasteiger charge is 2.28. The normalized spacial score (nSPS) is 27.0. The molecule has 1 saturated heterocycles. The van der Waals surface area contributed by atoms with Crippen LogP contribution in [0.3, 0.4) is 0 Å². The molecule has 1 rings (SSSR count). The monoisotopic (exact) mass is 216 g/mol. The van der Waals surface area contributed by atoms with E-state index in [1.54, 1.807) is 0 Å². The number of hydrogen-bond acceptors (Lipinski definition) is 2. The Morgan fingerprint density at radius 3 is 2.64 bits per heavy atom. The minimum Gasteiger partial charge on any atom is -0.330 e. The van der Waals surface area contributed by atoms with Crippen molar-refractivity contribution in [1.29, 1.82) is 0 Å². The van der Waals surface area contributed by atoms with Crippen LogP contribution >= 0.6 is 9.39 Å². The standard InChI is InChI=1S/C11H25N2P/c1-11(2,9-12)10-5-3-4-7-13(14)8-6-10/h10H,3-9,12,14H2,1-2H3. The first kappa shape index (κ1) is 12.4. The van der Waals surface area contributed by atoms with E-state index in [-0.39, 0.29) is 0 Å². The molecule has 1 heterocycles. The molecule has 0 aromatic rings. The SMILES string of the molecule is CC(C)(CN)C1CCCCN(P)CC1. The topological polar surface area (TPSA) is 29.3 Å². The van der Waals surface area contributed by atoms with E-state index in [2.05, 4.69) is 27.9 Å². The number of rotatable bonds is 2. The van der Waals surface area contributed by atoms with Crippen LogP contribution in [0.4, 0.5) is 0 Å². The van der Waals surface area contributed by atoms with Crippen molar-refractivity contribution in [1.82, 2.24) is 4.67 Å². The first-order valence-corrected chi connectivity index (χ1v) is 6.27. The summed E-state index contributed by atoms with van der Waals surface area (Å²) < 4.78 is 2.37. The summed E-state index contributed by atoms with van der Waals surface area (Å²) in [6, 6.07) is 0. The summed E-state index contributed by atoms with van der Waals surface area (Å²) in [6.07, 6.45) is 5.36. The van der Waals surface area contributed by atoms with E-state index in [1.807, 2.05) is 0 Å². The summed E-state index contributed by atoms with van der Waals surface area (Å²) in [7, 11) is 2.84. The third kappa shape index (κ3) is 3.49. The van der Waals surface area contributed by atoms with Crippen LogP contribution in [0.15, 0.2) is 0 Å². The van der Waals surface area contributed by atoms with Gasteiger partial charge in [0.05, 0.1) is 0 Å². The van der Waals surface area contributed by atoms with Gasteiger partial charge in [0.2, 0.25) is 0 Å². The second kappa shape index (κ2) is 5.44. The van der Waals surface area contributed by atoms with Gasteiger partial charge in [0, 0.05) is 13.1 Å². The van der Waals surface area contributed by atoms with Gasteiger partial charge in [0.25, 0.3) is 0 Å². The molecule has 2 atom stereocenters.